The van der Waals surface area contributed by atoms with E-state index in [2.05, 4.69) is 29.5 Å². The normalized spacial score (nSPS) is 13.8. The van der Waals surface area contributed by atoms with E-state index in [-0.39, 0.29) is 0 Å². The highest BCUT2D eigenvalue weighted by molar-refractivity contribution is 14.1. The molecule has 1 atom stereocenters. The maximum Gasteiger partial charge on any atom is 0.407 e. The second-order valence-corrected chi connectivity index (χ2v) is 5.59. The van der Waals surface area contributed by atoms with E-state index in [9.17, 15) is 4.79 Å². The molecule has 5 heteroatoms. The van der Waals surface area contributed by atoms with Crippen LogP contribution in [0.4, 0.5) is 4.79 Å². The van der Waals surface area contributed by atoms with Crippen molar-refractivity contribution in [3.63, 3.8) is 0 Å². The van der Waals surface area contributed by atoms with Gasteiger partial charge in [-0.05, 0) is 41.1 Å². The Hall–Kier alpha value is -0.820. The fourth-order valence-corrected chi connectivity index (χ4v) is 2.55. The van der Waals surface area contributed by atoms with E-state index >= 15 is 0 Å². The molecule has 0 unspecified atom stereocenters. The van der Waals surface area contributed by atoms with Crippen LogP contribution in [0.3, 0.4) is 0 Å². The number of carbonyl (C=O) groups is 1. The van der Waals surface area contributed by atoms with Gasteiger partial charge in [0.05, 0.1) is 0 Å². The molecule has 1 aromatic rings. The number of hydrogen-bond acceptors (Lipinski definition) is 3. The lowest BCUT2D eigenvalue weighted by Gasteiger charge is -2.31. The standard InChI is InChI=1S/C14H20INO3/c1-3-4-5-9-14(18-2,19-13(16)17)11-7-6-8-12(15)10-11/h6-8,10H,3-5,9H2,1-2H3,(H2,16,17)/t14-/m0/s1. The van der Waals surface area contributed by atoms with Crippen molar-refractivity contribution in [1.29, 1.82) is 0 Å². The number of amides is 1. The second kappa shape index (κ2) is 7.69. The third kappa shape index (κ3) is 4.65. The first-order valence-corrected chi connectivity index (χ1v) is 7.41. The number of nitrogens with two attached hydrogens (primary N) is 1. The van der Waals surface area contributed by atoms with Gasteiger partial charge < -0.3 is 15.2 Å². The number of ether oxygens (including phenoxy) is 2. The van der Waals surface area contributed by atoms with Crippen LogP contribution in [0.5, 0.6) is 0 Å². The minimum Gasteiger partial charge on any atom is -0.413 e. The number of primary amides is 1. The smallest absolute Gasteiger partial charge is 0.407 e. The lowest BCUT2D eigenvalue weighted by atomic mass is 9.99. The Morgan fingerprint density at radius 3 is 2.68 bits per heavy atom. The summed E-state index contributed by atoms with van der Waals surface area (Å²) < 4.78 is 11.9. The van der Waals surface area contributed by atoms with Crippen molar-refractivity contribution in [2.45, 2.75) is 38.4 Å². The lowest BCUT2D eigenvalue weighted by molar-refractivity contribution is -0.197. The summed E-state index contributed by atoms with van der Waals surface area (Å²) in [4.78, 5) is 11.2. The van der Waals surface area contributed by atoms with Gasteiger partial charge in [-0.15, -0.1) is 0 Å². The van der Waals surface area contributed by atoms with Crippen LogP contribution in [0.25, 0.3) is 0 Å². The first-order valence-electron chi connectivity index (χ1n) is 6.33. The summed E-state index contributed by atoms with van der Waals surface area (Å²) in [6.07, 6.45) is 2.82. The Labute approximate surface area is 127 Å². The molecule has 0 radical (unpaired) electrons. The molecule has 106 valence electrons. The minimum atomic E-state index is -1.08. The molecular weight excluding hydrogens is 357 g/mol. The molecule has 2 N–H and O–H groups in total. The zero-order valence-corrected chi connectivity index (χ0v) is 13.5. The van der Waals surface area contributed by atoms with Gasteiger partial charge in [0.1, 0.15) is 0 Å². The molecule has 0 bridgehead atoms. The molecule has 0 aromatic heterocycles. The Morgan fingerprint density at radius 1 is 1.42 bits per heavy atom. The van der Waals surface area contributed by atoms with E-state index in [1.165, 1.54) is 7.11 Å². The van der Waals surface area contributed by atoms with Gasteiger partial charge in [-0.25, -0.2) is 4.79 Å². The van der Waals surface area contributed by atoms with Crippen LogP contribution in [-0.4, -0.2) is 13.2 Å². The fourth-order valence-electron chi connectivity index (χ4n) is 2.01. The van der Waals surface area contributed by atoms with Crippen LogP contribution in [0.2, 0.25) is 0 Å². The summed E-state index contributed by atoms with van der Waals surface area (Å²) in [5.41, 5.74) is 6.01. The maximum atomic E-state index is 11.2. The van der Waals surface area contributed by atoms with Crippen LogP contribution in [-0.2, 0) is 15.3 Å². The Bertz CT molecular complexity index is 425. The SMILES string of the molecule is CCCCC[C@](OC)(OC(N)=O)c1cccc(I)c1. The summed E-state index contributed by atoms with van der Waals surface area (Å²) >= 11 is 2.21. The Morgan fingerprint density at radius 2 is 2.16 bits per heavy atom. The van der Waals surface area contributed by atoms with E-state index in [4.69, 9.17) is 15.2 Å². The monoisotopic (exact) mass is 377 g/mol. The van der Waals surface area contributed by atoms with Crippen LogP contribution < -0.4 is 5.73 Å². The third-order valence-corrected chi connectivity index (χ3v) is 3.64. The molecule has 4 nitrogen and oxygen atoms in total. The van der Waals surface area contributed by atoms with Crippen molar-refractivity contribution >= 4 is 28.7 Å². The Balaban J connectivity index is 3.04. The number of rotatable bonds is 7. The van der Waals surface area contributed by atoms with E-state index in [0.717, 1.165) is 28.4 Å². The molecule has 1 rings (SSSR count). The van der Waals surface area contributed by atoms with Crippen molar-refractivity contribution in [3.05, 3.63) is 33.4 Å². The molecule has 0 heterocycles. The number of carbonyl (C=O) groups excluding carboxylic acids is 1. The number of methoxy groups -OCH3 is 1. The van der Waals surface area contributed by atoms with Gasteiger partial charge >= 0.3 is 6.09 Å². The summed E-state index contributed by atoms with van der Waals surface area (Å²) in [7, 11) is 1.54. The molecule has 0 aliphatic rings. The van der Waals surface area contributed by atoms with E-state index in [1.54, 1.807) is 0 Å². The maximum absolute atomic E-state index is 11.2. The van der Waals surface area contributed by atoms with Gasteiger partial charge in [-0.1, -0.05) is 31.9 Å². The quantitative estimate of drug-likeness (QED) is 0.447. The fraction of sp³-hybridized carbons (Fsp3) is 0.500. The van der Waals surface area contributed by atoms with Gasteiger partial charge in [0.15, 0.2) is 0 Å². The topological polar surface area (TPSA) is 61.6 Å². The number of halogens is 1. The van der Waals surface area contributed by atoms with Crippen LogP contribution in [0.1, 0.15) is 38.2 Å². The average Bonchev–Trinajstić information content (AvgIpc) is 2.37. The molecule has 0 spiro atoms. The molecule has 0 aliphatic heterocycles. The van der Waals surface area contributed by atoms with Crippen molar-refractivity contribution < 1.29 is 14.3 Å². The van der Waals surface area contributed by atoms with Gasteiger partial charge in [-0.3, -0.25) is 0 Å². The molecule has 0 fully saturated rings. The van der Waals surface area contributed by atoms with Crippen LogP contribution >= 0.6 is 22.6 Å². The summed E-state index contributed by atoms with van der Waals surface area (Å²) in [6, 6.07) is 7.72. The van der Waals surface area contributed by atoms with Gasteiger partial charge in [0.25, 0.3) is 0 Å². The number of unbranched alkanes of at least 4 members (excludes halogenated alkanes) is 2. The van der Waals surface area contributed by atoms with Gasteiger partial charge in [-0.2, -0.15) is 0 Å². The molecule has 19 heavy (non-hydrogen) atoms. The molecular formula is C14H20INO3. The Kier molecular flexibility index (Phi) is 6.57. The lowest BCUT2D eigenvalue weighted by Crippen LogP contribution is -2.36. The number of hydrogen-bond donors (Lipinski definition) is 1. The zero-order valence-electron chi connectivity index (χ0n) is 11.3. The minimum absolute atomic E-state index is 0.598. The van der Waals surface area contributed by atoms with Gasteiger partial charge in [0.2, 0.25) is 5.79 Å². The van der Waals surface area contributed by atoms with E-state index in [0.29, 0.717) is 6.42 Å². The molecule has 1 aromatic carbocycles. The average molecular weight is 377 g/mol. The predicted octanol–water partition coefficient (Wildman–Crippen LogP) is 3.77. The van der Waals surface area contributed by atoms with Crippen molar-refractivity contribution in [2.24, 2.45) is 5.73 Å². The summed E-state index contributed by atoms with van der Waals surface area (Å²) in [5, 5.41) is 0. The van der Waals surface area contributed by atoms with Crippen LogP contribution in [0.15, 0.2) is 24.3 Å². The van der Waals surface area contributed by atoms with Crippen molar-refractivity contribution in [3.8, 4) is 0 Å². The molecule has 0 saturated carbocycles. The third-order valence-electron chi connectivity index (χ3n) is 2.97. The molecule has 1 amide bonds. The highest BCUT2D eigenvalue weighted by Crippen LogP contribution is 2.33. The zero-order chi connectivity index (χ0) is 14.3. The largest absolute Gasteiger partial charge is 0.413 e. The van der Waals surface area contributed by atoms with Crippen molar-refractivity contribution in [2.75, 3.05) is 7.11 Å². The van der Waals surface area contributed by atoms with Gasteiger partial charge in [0, 0.05) is 22.7 Å². The van der Waals surface area contributed by atoms with Crippen LogP contribution in [0, 0.1) is 3.57 Å². The van der Waals surface area contributed by atoms with E-state index < -0.39 is 11.9 Å². The first kappa shape index (κ1) is 16.2. The first-order chi connectivity index (χ1) is 9.04. The predicted molar refractivity (Wildman–Crippen MR) is 82.7 cm³/mol. The highest BCUT2D eigenvalue weighted by Gasteiger charge is 2.35. The van der Waals surface area contributed by atoms with Crippen molar-refractivity contribution in [1.82, 2.24) is 0 Å². The molecule has 0 aliphatic carbocycles. The highest BCUT2D eigenvalue weighted by atomic mass is 127. The number of benzene rings is 1. The summed E-state index contributed by atoms with van der Waals surface area (Å²) in [6.45, 7) is 2.12. The molecule has 0 saturated heterocycles. The summed E-state index contributed by atoms with van der Waals surface area (Å²) in [5.74, 6) is -1.08. The second-order valence-electron chi connectivity index (χ2n) is 4.35. The van der Waals surface area contributed by atoms with E-state index in [1.807, 2.05) is 24.3 Å².